The summed E-state index contributed by atoms with van der Waals surface area (Å²) in [5.74, 6) is 0. The molecular formula is C11H18BNO3S. The van der Waals surface area contributed by atoms with Crippen LogP contribution in [0.5, 0.6) is 5.19 Å². The average Bonchev–Trinajstić information content (AvgIpc) is 2.66. The number of aryl methyl sites for hydroxylation is 1. The lowest BCUT2D eigenvalue weighted by molar-refractivity contribution is 0.00578. The number of hydrogen-bond donors (Lipinski definition) is 0. The fraction of sp³-hybridized carbons (Fsp3) is 0.727. The van der Waals surface area contributed by atoms with Crippen molar-refractivity contribution in [2.24, 2.45) is 0 Å². The Kier molecular flexibility index (Phi) is 3.00. The molecule has 94 valence electrons. The van der Waals surface area contributed by atoms with Gasteiger partial charge in [-0.25, -0.2) is 4.98 Å². The van der Waals surface area contributed by atoms with Gasteiger partial charge in [0.2, 0.25) is 0 Å². The molecule has 2 heterocycles. The molecule has 17 heavy (non-hydrogen) atoms. The molecule has 0 aromatic carbocycles. The minimum atomic E-state index is -0.403. The van der Waals surface area contributed by atoms with Crippen molar-refractivity contribution in [3.8, 4) is 5.19 Å². The quantitative estimate of drug-likeness (QED) is 0.755. The summed E-state index contributed by atoms with van der Waals surface area (Å²) in [5, 5.41) is 0.646. The SMILES string of the molecule is COc1nc(B2OC(C)(C)C(C)(C)O2)c(C)s1. The number of nitrogens with zero attached hydrogens (tertiary/aromatic N) is 1. The topological polar surface area (TPSA) is 40.6 Å². The monoisotopic (exact) mass is 255 g/mol. The molecule has 0 bridgehead atoms. The minimum absolute atomic E-state index is 0.332. The highest BCUT2D eigenvalue weighted by molar-refractivity contribution is 7.14. The van der Waals surface area contributed by atoms with Crippen LogP contribution in [0.1, 0.15) is 32.6 Å². The first-order valence-electron chi connectivity index (χ1n) is 5.64. The van der Waals surface area contributed by atoms with Crippen molar-refractivity contribution in [2.45, 2.75) is 45.8 Å². The van der Waals surface area contributed by atoms with Gasteiger partial charge in [0.05, 0.1) is 23.9 Å². The molecule has 0 N–H and O–H groups in total. The van der Waals surface area contributed by atoms with Crippen LogP contribution in [-0.2, 0) is 9.31 Å². The molecule has 0 unspecified atom stereocenters. The Balaban J connectivity index is 2.28. The first-order valence-corrected chi connectivity index (χ1v) is 6.45. The van der Waals surface area contributed by atoms with Crippen molar-refractivity contribution in [3.63, 3.8) is 0 Å². The van der Waals surface area contributed by atoms with Gasteiger partial charge in [0.1, 0.15) is 0 Å². The van der Waals surface area contributed by atoms with E-state index in [9.17, 15) is 0 Å². The van der Waals surface area contributed by atoms with Crippen molar-refractivity contribution >= 4 is 24.0 Å². The van der Waals surface area contributed by atoms with E-state index < -0.39 is 7.12 Å². The Hall–Kier alpha value is -0.585. The highest BCUT2D eigenvalue weighted by atomic mass is 32.1. The standard InChI is InChI=1S/C11H18BNO3S/c1-7-8(13-9(14-6)17-7)12-15-10(2,3)11(4,5)16-12/h1-6H3. The predicted molar refractivity (Wildman–Crippen MR) is 69.1 cm³/mol. The van der Waals surface area contributed by atoms with Gasteiger partial charge in [-0.05, 0) is 34.6 Å². The molecule has 0 saturated carbocycles. The highest BCUT2D eigenvalue weighted by Crippen LogP contribution is 2.37. The maximum absolute atomic E-state index is 5.96. The molecule has 1 fully saturated rings. The van der Waals surface area contributed by atoms with Crippen LogP contribution in [0, 0.1) is 6.92 Å². The van der Waals surface area contributed by atoms with Gasteiger partial charge < -0.3 is 14.0 Å². The second-order valence-corrected chi connectivity index (χ2v) is 6.38. The molecule has 0 aliphatic carbocycles. The Morgan fingerprint density at radius 1 is 1.18 bits per heavy atom. The van der Waals surface area contributed by atoms with Crippen molar-refractivity contribution in [1.82, 2.24) is 4.98 Å². The van der Waals surface area contributed by atoms with Gasteiger partial charge in [-0.1, -0.05) is 11.3 Å². The van der Waals surface area contributed by atoms with Crippen LogP contribution in [-0.4, -0.2) is 30.4 Å². The number of methoxy groups -OCH3 is 1. The Labute approximate surface area is 106 Å². The zero-order valence-corrected chi connectivity index (χ0v) is 12.0. The molecule has 1 aromatic rings. The molecule has 1 aromatic heterocycles. The Morgan fingerprint density at radius 3 is 2.12 bits per heavy atom. The molecular weight excluding hydrogens is 237 g/mol. The number of ether oxygens (including phenoxy) is 1. The third-order valence-electron chi connectivity index (χ3n) is 3.46. The molecule has 2 rings (SSSR count). The van der Waals surface area contributed by atoms with Crippen LogP contribution in [0.2, 0.25) is 0 Å². The molecule has 1 saturated heterocycles. The summed E-state index contributed by atoms with van der Waals surface area (Å²) < 4.78 is 17.0. The van der Waals surface area contributed by atoms with E-state index in [-0.39, 0.29) is 11.2 Å². The molecule has 6 heteroatoms. The zero-order chi connectivity index (χ0) is 12.8. The molecule has 0 radical (unpaired) electrons. The Morgan fingerprint density at radius 2 is 1.71 bits per heavy atom. The van der Waals surface area contributed by atoms with Gasteiger partial charge in [-0.15, -0.1) is 0 Å². The maximum atomic E-state index is 5.96. The number of thiazole rings is 1. The van der Waals surface area contributed by atoms with Crippen LogP contribution in [0.3, 0.4) is 0 Å². The van der Waals surface area contributed by atoms with Crippen molar-refractivity contribution in [2.75, 3.05) is 7.11 Å². The Bertz CT molecular complexity index is 414. The molecule has 0 spiro atoms. The third-order valence-corrected chi connectivity index (χ3v) is 4.41. The fourth-order valence-corrected chi connectivity index (χ4v) is 2.38. The average molecular weight is 255 g/mol. The van der Waals surface area contributed by atoms with E-state index in [0.717, 1.165) is 10.5 Å². The van der Waals surface area contributed by atoms with Crippen LogP contribution in [0.4, 0.5) is 0 Å². The summed E-state index contributed by atoms with van der Waals surface area (Å²) in [7, 11) is 1.21. The second-order valence-electron chi connectivity index (χ2n) is 5.21. The number of rotatable bonds is 2. The van der Waals surface area contributed by atoms with Crippen LogP contribution >= 0.6 is 11.3 Å². The van der Waals surface area contributed by atoms with Gasteiger partial charge in [0, 0.05) is 4.88 Å². The minimum Gasteiger partial charge on any atom is -0.473 e. The van der Waals surface area contributed by atoms with E-state index >= 15 is 0 Å². The highest BCUT2D eigenvalue weighted by Gasteiger charge is 2.53. The molecule has 0 amide bonds. The normalized spacial score (nSPS) is 21.9. The summed E-state index contributed by atoms with van der Waals surface area (Å²) in [5.41, 5.74) is 0.160. The van der Waals surface area contributed by atoms with Crippen molar-refractivity contribution in [3.05, 3.63) is 4.88 Å². The first kappa shape index (κ1) is 12.9. The summed E-state index contributed by atoms with van der Waals surface area (Å²) >= 11 is 1.51. The molecule has 0 atom stereocenters. The largest absolute Gasteiger partial charge is 0.515 e. The molecule has 1 aliphatic heterocycles. The van der Waals surface area contributed by atoms with Gasteiger partial charge in [-0.2, -0.15) is 0 Å². The number of aromatic nitrogens is 1. The lowest BCUT2D eigenvalue weighted by Gasteiger charge is -2.32. The number of hydrogen-bond acceptors (Lipinski definition) is 5. The molecule has 4 nitrogen and oxygen atoms in total. The van der Waals surface area contributed by atoms with Gasteiger partial charge in [0.25, 0.3) is 5.19 Å². The van der Waals surface area contributed by atoms with Crippen LogP contribution < -0.4 is 10.3 Å². The van der Waals surface area contributed by atoms with E-state index in [1.165, 1.54) is 11.3 Å². The first-order chi connectivity index (χ1) is 7.77. The summed E-state index contributed by atoms with van der Waals surface area (Å²) in [6.45, 7) is 10.1. The lowest BCUT2D eigenvalue weighted by atomic mass is 9.84. The van der Waals surface area contributed by atoms with E-state index in [0.29, 0.717) is 5.19 Å². The summed E-state index contributed by atoms with van der Waals surface area (Å²) in [6.07, 6.45) is 0. The summed E-state index contributed by atoms with van der Waals surface area (Å²) in [6, 6.07) is 0. The van der Waals surface area contributed by atoms with Crippen LogP contribution in [0.15, 0.2) is 0 Å². The van der Waals surface area contributed by atoms with Crippen molar-refractivity contribution in [1.29, 1.82) is 0 Å². The van der Waals surface area contributed by atoms with E-state index in [2.05, 4.69) is 4.98 Å². The fourth-order valence-electron chi connectivity index (χ4n) is 1.64. The lowest BCUT2D eigenvalue weighted by Crippen LogP contribution is -2.41. The van der Waals surface area contributed by atoms with Crippen LogP contribution in [0.25, 0.3) is 0 Å². The smallest absolute Gasteiger partial charge is 0.473 e. The van der Waals surface area contributed by atoms with E-state index in [1.807, 2.05) is 34.6 Å². The van der Waals surface area contributed by atoms with E-state index in [4.69, 9.17) is 14.0 Å². The van der Waals surface area contributed by atoms with Gasteiger partial charge >= 0.3 is 7.12 Å². The summed E-state index contributed by atoms with van der Waals surface area (Å²) in [4.78, 5) is 5.46. The zero-order valence-electron chi connectivity index (χ0n) is 11.2. The van der Waals surface area contributed by atoms with Gasteiger partial charge in [-0.3, -0.25) is 0 Å². The predicted octanol–water partition coefficient (Wildman–Crippen LogP) is 1.76. The van der Waals surface area contributed by atoms with E-state index in [1.54, 1.807) is 7.11 Å². The third kappa shape index (κ3) is 2.09. The molecule has 1 aliphatic rings. The second kappa shape index (κ2) is 3.97. The maximum Gasteiger partial charge on any atom is 0.515 e. The van der Waals surface area contributed by atoms with Crippen molar-refractivity contribution < 1.29 is 14.0 Å². The van der Waals surface area contributed by atoms with Gasteiger partial charge in [0.15, 0.2) is 0 Å².